The Hall–Kier alpha value is -1.45. The van der Waals surface area contributed by atoms with Crippen molar-refractivity contribution < 1.29 is 4.39 Å². The van der Waals surface area contributed by atoms with Gasteiger partial charge in [0.1, 0.15) is 5.82 Å². The highest BCUT2D eigenvalue weighted by Crippen LogP contribution is 2.25. The Morgan fingerprint density at radius 2 is 2.11 bits per heavy atom. The van der Waals surface area contributed by atoms with E-state index in [4.69, 9.17) is 11.6 Å². The number of aromatic nitrogens is 1. The molecular weight excluding hydrogens is 263 g/mol. The van der Waals surface area contributed by atoms with Crippen molar-refractivity contribution in [1.29, 1.82) is 0 Å². The van der Waals surface area contributed by atoms with Crippen LogP contribution in [0, 0.1) is 5.82 Å². The van der Waals surface area contributed by atoms with E-state index in [2.05, 4.69) is 23.0 Å². The van der Waals surface area contributed by atoms with Gasteiger partial charge >= 0.3 is 0 Å². The molecule has 1 aliphatic rings. The second-order valence-corrected chi connectivity index (χ2v) is 5.38. The Labute approximate surface area is 116 Å². The molecule has 19 heavy (non-hydrogen) atoms. The van der Waals surface area contributed by atoms with E-state index in [-0.39, 0.29) is 5.82 Å². The molecule has 1 aromatic carbocycles. The fourth-order valence-electron chi connectivity index (χ4n) is 2.42. The lowest BCUT2D eigenvalue weighted by molar-refractivity contribution is 0.310. The predicted molar refractivity (Wildman–Crippen MR) is 74.7 cm³/mol. The summed E-state index contributed by atoms with van der Waals surface area (Å²) in [4.78, 5) is 6.91. The standard InChI is InChI=1S/C15H14ClFN2/c1-19-5-4-15-10(9-19)2-3-14(18-15)11-6-12(16)8-13(17)7-11/h2-3,6-8H,4-5,9H2,1H3. The number of benzene rings is 1. The molecular formula is C15H14ClFN2. The zero-order valence-electron chi connectivity index (χ0n) is 10.7. The molecule has 0 aliphatic carbocycles. The van der Waals surface area contributed by atoms with Gasteiger partial charge in [-0.25, -0.2) is 4.39 Å². The Balaban J connectivity index is 2.02. The first-order valence-electron chi connectivity index (χ1n) is 6.25. The molecule has 0 radical (unpaired) electrons. The molecule has 2 aromatic rings. The summed E-state index contributed by atoms with van der Waals surface area (Å²) in [5.41, 5.74) is 3.87. The largest absolute Gasteiger partial charge is 0.302 e. The molecule has 0 atom stereocenters. The average molecular weight is 277 g/mol. The predicted octanol–water partition coefficient (Wildman–Crippen LogP) is 3.53. The highest BCUT2D eigenvalue weighted by Gasteiger charge is 2.15. The van der Waals surface area contributed by atoms with Gasteiger partial charge in [0, 0.05) is 35.8 Å². The first-order chi connectivity index (χ1) is 9.11. The van der Waals surface area contributed by atoms with Gasteiger partial charge in [-0.3, -0.25) is 4.98 Å². The average Bonchev–Trinajstić information content (AvgIpc) is 2.37. The first kappa shape index (κ1) is 12.6. The summed E-state index contributed by atoms with van der Waals surface area (Å²) in [6.45, 7) is 1.93. The minimum atomic E-state index is -0.332. The molecule has 0 saturated heterocycles. The van der Waals surface area contributed by atoms with Crippen LogP contribution in [0.1, 0.15) is 11.3 Å². The van der Waals surface area contributed by atoms with E-state index in [9.17, 15) is 4.39 Å². The molecule has 0 fully saturated rings. The second kappa shape index (κ2) is 4.91. The Morgan fingerprint density at radius 1 is 1.26 bits per heavy atom. The van der Waals surface area contributed by atoms with Gasteiger partial charge in [0.15, 0.2) is 0 Å². The Bertz CT molecular complexity index is 607. The molecule has 0 N–H and O–H groups in total. The number of hydrogen-bond acceptors (Lipinski definition) is 2. The Morgan fingerprint density at radius 3 is 2.89 bits per heavy atom. The van der Waals surface area contributed by atoms with E-state index in [1.807, 2.05) is 6.07 Å². The van der Waals surface area contributed by atoms with Crippen molar-refractivity contribution in [3.63, 3.8) is 0 Å². The molecule has 98 valence electrons. The third kappa shape index (κ3) is 2.62. The van der Waals surface area contributed by atoms with Gasteiger partial charge in [0.25, 0.3) is 0 Å². The van der Waals surface area contributed by atoms with Gasteiger partial charge in [-0.1, -0.05) is 17.7 Å². The van der Waals surface area contributed by atoms with Crippen LogP contribution in [0.15, 0.2) is 30.3 Å². The molecule has 1 aliphatic heterocycles. The monoisotopic (exact) mass is 276 g/mol. The van der Waals surface area contributed by atoms with Crippen LogP contribution in [0.2, 0.25) is 5.02 Å². The molecule has 0 bridgehead atoms. The number of nitrogens with zero attached hydrogens (tertiary/aromatic N) is 2. The molecule has 0 unspecified atom stereocenters. The fourth-order valence-corrected chi connectivity index (χ4v) is 2.64. The van der Waals surface area contributed by atoms with Crippen LogP contribution in [0.4, 0.5) is 4.39 Å². The van der Waals surface area contributed by atoms with Crippen molar-refractivity contribution in [3.05, 3.63) is 52.4 Å². The van der Waals surface area contributed by atoms with Crippen LogP contribution in [0.3, 0.4) is 0 Å². The molecule has 1 aromatic heterocycles. The molecule has 0 amide bonds. The summed E-state index contributed by atoms with van der Waals surface area (Å²) >= 11 is 5.89. The highest BCUT2D eigenvalue weighted by molar-refractivity contribution is 6.30. The van der Waals surface area contributed by atoms with Crippen molar-refractivity contribution in [3.8, 4) is 11.3 Å². The Kier molecular flexibility index (Phi) is 3.25. The minimum Gasteiger partial charge on any atom is -0.302 e. The molecule has 2 nitrogen and oxygen atoms in total. The maximum Gasteiger partial charge on any atom is 0.125 e. The van der Waals surface area contributed by atoms with Gasteiger partial charge in [0.05, 0.1) is 5.69 Å². The lowest BCUT2D eigenvalue weighted by atomic mass is 10.0. The van der Waals surface area contributed by atoms with E-state index in [0.29, 0.717) is 5.02 Å². The fraction of sp³-hybridized carbons (Fsp3) is 0.267. The zero-order valence-corrected chi connectivity index (χ0v) is 11.4. The maximum atomic E-state index is 13.4. The summed E-state index contributed by atoms with van der Waals surface area (Å²) in [6, 6.07) is 8.53. The van der Waals surface area contributed by atoms with E-state index >= 15 is 0 Å². The molecule has 0 spiro atoms. The molecule has 0 saturated carbocycles. The van der Waals surface area contributed by atoms with Crippen molar-refractivity contribution in [2.75, 3.05) is 13.6 Å². The van der Waals surface area contributed by atoms with E-state index in [1.165, 1.54) is 17.7 Å². The van der Waals surface area contributed by atoms with Crippen LogP contribution in [-0.4, -0.2) is 23.5 Å². The van der Waals surface area contributed by atoms with Crippen LogP contribution < -0.4 is 0 Å². The highest BCUT2D eigenvalue weighted by atomic mass is 35.5. The number of hydrogen-bond donors (Lipinski definition) is 0. The summed E-state index contributed by atoms with van der Waals surface area (Å²) in [5, 5.41) is 0.397. The molecule has 2 heterocycles. The van der Waals surface area contributed by atoms with Crippen molar-refractivity contribution in [2.45, 2.75) is 13.0 Å². The third-order valence-electron chi connectivity index (χ3n) is 3.40. The lowest BCUT2D eigenvalue weighted by Crippen LogP contribution is -2.27. The van der Waals surface area contributed by atoms with Crippen LogP contribution in [0.5, 0.6) is 0 Å². The van der Waals surface area contributed by atoms with Gasteiger partial charge in [-0.15, -0.1) is 0 Å². The van der Waals surface area contributed by atoms with Gasteiger partial charge in [0.2, 0.25) is 0 Å². The lowest BCUT2D eigenvalue weighted by Gasteiger charge is -2.24. The minimum absolute atomic E-state index is 0.332. The summed E-state index contributed by atoms with van der Waals surface area (Å²) in [5.74, 6) is -0.332. The smallest absolute Gasteiger partial charge is 0.125 e. The normalized spacial score (nSPS) is 15.3. The van der Waals surface area contributed by atoms with Gasteiger partial charge in [-0.05, 0) is 36.9 Å². The van der Waals surface area contributed by atoms with Crippen molar-refractivity contribution >= 4 is 11.6 Å². The molecule has 4 heteroatoms. The number of pyridine rings is 1. The quantitative estimate of drug-likeness (QED) is 0.792. The van der Waals surface area contributed by atoms with Crippen molar-refractivity contribution in [2.24, 2.45) is 0 Å². The number of likely N-dealkylation sites (N-methyl/N-ethyl adjacent to an activating group) is 1. The van der Waals surface area contributed by atoms with Gasteiger partial charge < -0.3 is 4.90 Å². The summed E-state index contributed by atoms with van der Waals surface area (Å²) < 4.78 is 13.4. The third-order valence-corrected chi connectivity index (χ3v) is 3.62. The number of rotatable bonds is 1. The first-order valence-corrected chi connectivity index (χ1v) is 6.63. The summed E-state index contributed by atoms with van der Waals surface area (Å²) in [6.07, 6.45) is 0.933. The second-order valence-electron chi connectivity index (χ2n) is 4.95. The van der Waals surface area contributed by atoms with Crippen LogP contribution in [-0.2, 0) is 13.0 Å². The maximum absolute atomic E-state index is 13.4. The van der Waals surface area contributed by atoms with Crippen LogP contribution in [0.25, 0.3) is 11.3 Å². The van der Waals surface area contributed by atoms with Gasteiger partial charge in [-0.2, -0.15) is 0 Å². The zero-order chi connectivity index (χ0) is 13.4. The number of halogens is 2. The topological polar surface area (TPSA) is 16.1 Å². The SMILES string of the molecule is CN1CCc2nc(-c3cc(F)cc(Cl)c3)ccc2C1. The summed E-state index contributed by atoms with van der Waals surface area (Å²) in [7, 11) is 2.10. The van der Waals surface area contributed by atoms with E-state index in [1.54, 1.807) is 6.07 Å². The van der Waals surface area contributed by atoms with E-state index in [0.717, 1.165) is 36.5 Å². The molecule has 3 rings (SSSR count). The van der Waals surface area contributed by atoms with Crippen molar-refractivity contribution in [1.82, 2.24) is 9.88 Å². The number of fused-ring (bicyclic) bond motifs is 1. The van der Waals surface area contributed by atoms with Crippen LogP contribution >= 0.6 is 11.6 Å². The van der Waals surface area contributed by atoms with E-state index < -0.39 is 0 Å².